The van der Waals surface area contributed by atoms with Crippen LogP contribution in [0, 0.1) is 6.92 Å². The molecule has 0 saturated carbocycles. The molecule has 2 aromatic rings. The normalized spacial score (nSPS) is 11.8. The van der Waals surface area contributed by atoms with Gasteiger partial charge in [-0.15, -0.1) is 11.3 Å². The maximum absolute atomic E-state index is 12.2. The molecule has 1 amide bonds. The fraction of sp³-hybridized carbons (Fsp3) is 0.412. The molecule has 0 aliphatic heterocycles. The van der Waals surface area contributed by atoms with Crippen molar-refractivity contribution >= 4 is 23.2 Å². The van der Waals surface area contributed by atoms with Crippen LogP contribution in [0.1, 0.15) is 42.1 Å². The first-order chi connectivity index (χ1) is 11.5. The Morgan fingerprint density at radius 1 is 1.38 bits per heavy atom. The molecule has 0 saturated heterocycles. The zero-order valence-corrected chi connectivity index (χ0v) is 14.9. The monoisotopic (exact) mass is 347 g/mol. The van der Waals surface area contributed by atoms with E-state index in [-0.39, 0.29) is 18.6 Å². The first-order valence-corrected chi connectivity index (χ1v) is 8.68. The quantitative estimate of drug-likeness (QED) is 0.779. The van der Waals surface area contributed by atoms with E-state index in [1.807, 2.05) is 25.1 Å². The minimum atomic E-state index is -0.537. The van der Waals surface area contributed by atoms with Crippen molar-refractivity contribution < 1.29 is 14.3 Å². The van der Waals surface area contributed by atoms with Crippen LogP contribution in [0.25, 0.3) is 10.7 Å². The third-order valence-electron chi connectivity index (χ3n) is 3.33. The van der Waals surface area contributed by atoms with Crippen LogP contribution < -0.4 is 5.32 Å². The highest BCUT2D eigenvalue weighted by molar-refractivity contribution is 7.17. The van der Waals surface area contributed by atoms with Gasteiger partial charge in [0.1, 0.15) is 9.88 Å². The number of carbonyl (C=O) groups is 2. The number of carbonyl (C=O) groups excluding carboxylic acids is 2. The van der Waals surface area contributed by atoms with Gasteiger partial charge in [-0.3, -0.25) is 9.78 Å². The number of ether oxygens (including phenoxy) is 1. The summed E-state index contributed by atoms with van der Waals surface area (Å²) in [5.41, 5.74) is 1.28. The molecule has 0 aliphatic rings. The van der Waals surface area contributed by atoms with Crippen molar-refractivity contribution in [3.8, 4) is 10.7 Å². The zero-order valence-electron chi connectivity index (χ0n) is 14.0. The second-order valence-electron chi connectivity index (χ2n) is 5.48. The van der Waals surface area contributed by atoms with Gasteiger partial charge in [-0.2, -0.15) is 0 Å². The van der Waals surface area contributed by atoms with Crippen LogP contribution in [0.3, 0.4) is 0 Å². The number of hydrogen-bond donors (Lipinski definition) is 1. The van der Waals surface area contributed by atoms with Crippen molar-refractivity contribution in [3.63, 3.8) is 0 Å². The van der Waals surface area contributed by atoms with Gasteiger partial charge in [0, 0.05) is 12.2 Å². The molecule has 0 aromatic carbocycles. The van der Waals surface area contributed by atoms with E-state index in [0.717, 1.165) is 12.8 Å². The van der Waals surface area contributed by atoms with Crippen molar-refractivity contribution in [1.82, 2.24) is 15.3 Å². The largest absolute Gasteiger partial charge is 0.451 e. The molecule has 0 bridgehead atoms. The van der Waals surface area contributed by atoms with Crippen LogP contribution in [-0.4, -0.2) is 34.5 Å². The lowest BCUT2D eigenvalue weighted by Gasteiger charge is -2.12. The summed E-state index contributed by atoms with van der Waals surface area (Å²) in [6, 6.07) is 5.58. The van der Waals surface area contributed by atoms with E-state index in [0.29, 0.717) is 21.3 Å². The van der Waals surface area contributed by atoms with Crippen molar-refractivity contribution in [1.29, 1.82) is 0 Å². The molecule has 1 N–H and O–H groups in total. The van der Waals surface area contributed by atoms with Gasteiger partial charge in [-0.05, 0) is 32.4 Å². The Labute approximate surface area is 145 Å². The van der Waals surface area contributed by atoms with Gasteiger partial charge in [0.25, 0.3) is 5.91 Å². The molecule has 1 atom stereocenters. The second kappa shape index (κ2) is 8.54. The fourth-order valence-corrected chi connectivity index (χ4v) is 3.14. The summed E-state index contributed by atoms with van der Waals surface area (Å²) < 4.78 is 5.10. The number of hydrogen-bond acceptors (Lipinski definition) is 6. The summed E-state index contributed by atoms with van der Waals surface area (Å²) in [5, 5.41) is 3.45. The van der Waals surface area contributed by atoms with Gasteiger partial charge in [0.05, 0.1) is 11.4 Å². The first kappa shape index (κ1) is 18.1. The van der Waals surface area contributed by atoms with E-state index in [9.17, 15) is 9.59 Å². The average molecular weight is 347 g/mol. The van der Waals surface area contributed by atoms with Crippen molar-refractivity contribution in [3.05, 3.63) is 35.0 Å². The van der Waals surface area contributed by atoms with Crippen molar-refractivity contribution in [2.24, 2.45) is 0 Å². The number of nitrogens with zero attached hydrogens (tertiary/aromatic N) is 2. The smallest absolute Gasteiger partial charge is 0.350 e. The number of nitrogens with one attached hydrogen (secondary N) is 1. The molecule has 24 heavy (non-hydrogen) atoms. The van der Waals surface area contributed by atoms with E-state index in [1.54, 1.807) is 13.1 Å². The number of thiazole rings is 1. The standard InChI is InChI=1S/C17H21N3O3S/c1-4-7-11(2)19-14(21)10-23-17(22)15-12(3)20-16(24-15)13-8-5-6-9-18-13/h5-6,8-9,11H,4,7,10H2,1-3H3,(H,19,21). The highest BCUT2D eigenvalue weighted by Crippen LogP contribution is 2.26. The Morgan fingerprint density at radius 2 is 2.17 bits per heavy atom. The predicted octanol–water partition coefficient (Wildman–Crippen LogP) is 2.98. The van der Waals surface area contributed by atoms with Gasteiger partial charge >= 0.3 is 5.97 Å². The second-order valence-corrected chi connectivity index (χ2v) is 6.48. The third-order valence-corrected chi connectivity index (χ3v) is 4.49. The van der Waals surface area contributed by atoms with Crippen LogP contribution in [0.2, 0.25) is 0 Å². The summed E-state index contributed by atoms with van der Waals surface area (Å²) in [5.74, 6) is -0.832. The molecular formula is C17H21N3O3S. The molecule has 2 heterocycles. The summed E-state index contributed by atoms with van der Waals surface area (Å²) in [6.45, 7) is 5.43. The van der Waals surface area contributed by atoms with Gasteiger partial charge in [0.2, 0.25) is 0 Å². The maximum Gasteiger partial charge on any atom is 0.350 e. The molecular weight excluding hydrogens is 326 g/mol. The number of pyridine rings is 1. The van der Waals surface area contributed by atoms with Gasteiger partial charge in [-0.25, -0.2) is 9.78 Å². The van der Waals surface area contributed by atoms with Crippen LogP contribution in [-0.2, 0) is 9.53 Å². The van der Waals surface area contributed by atoms with E-state index in [1.165, 1.54) is 11.3 Å². The lowest BCUT2D eigenvalue weighted by atomic mass is 10.2. The number of esters is 1. The Morgan fingerprint density at radius 3 is 2.83 bits per heavy atom. The number of rotatable bonds is 7. The van der Waals surface area contributed by atoms with Crippen LogP contribution in [0.15, 0.2) is 24.4 Å². The van der Waals surface area contributed by atoms with E-state index < -0.39 is 5.97 Å². The zero-order chi connectivity index (χ0) is 17.5. The Balaban J connectivity index is 1.96. The highest BCUT2D eigenvalue weighted by Gasteiger charge is 2.19. The van der Waals surface area contributed by atoms with Gasteiger partial charge in [-0.1, -0.05) is 19.4 Å². The number of amides is 1. The number of aryl methyl sites for hydroxylation is 1. The molecule has 1 unspecified atom stereocenters. The lowest BCUT2D eigenvalue weighted by Crippen LogP contribution is -2.35. The van der Waals surface area contributed by atoms with E-state index in [4.69, 9.17) is 4.74 Å². The Kier molecular flexibility index (Phi) is 6.43. The third kappa shape index (κ3) is 4.86. The Bertz CT molecular complexity index is 700. The predicted molar refractivity (Wildman–Crippen MR) is 92.9 cm³/mol. The lowest BCUT2D eigenvalue weighted by molar-refractivity contribution is -0.124. The van der Waals surface area contributed by atoms with Gasteiger partial charge in [0.15, 0.2) is 6.61 Å². The maximum atomic E-state index is 12.2. The molecule has 2 rings (SSSR count). The molecule has 0 radical (unpaired) electrons. The molecule has 6 nitrogen and oxygen atoms in total. The van der Waals surface area contributed by atoms with Crippen LogP contribution in [0.5, 0.6) is 0 Å². The molecule has 0 spiro atoms. The summed E-state index contributed by atoms with van der Waals surface area (Å²) in [6.07, 6.45) is 3.55. The van der Waals surface area contributed by atoms with E-state index in [2.05, 4.69) is 22.2 Å². The van der Waals surface area contributed by atoms with Crippen molar-refractivity contribution in [2.75, 3.05) is 6.61 Å². The highest BCUT2D eigenvalue weighted by atomic mass is 32.1. The Hall–Kier alpha value is -2.28. The minimum Gasteiger partial charge on any atom is -0.451 e. The molecule has 0 fully saturated rings. The minimum absolute atomic E-state index is 0.0714. The average Bonchev–Trinajstić information content (AvgIpc) is 2.95. The van der Waals surface area contributed by atoms with Crippen LogP contribution >= 0.6 is 11.3 Å². The summed E-state index contributed by atoms with van der Waals surface area (Å²) in [4.78, 5) is 32.9. The molecule has 0 aliphatic carbocycles. The molecule has 7 heteroatoms. The summed E-state index contributed by atoms with van der Waals surface area (Å²) in [7, 11) is 0. The first-order valence-electron chi connectivity index (χ1n) is 7.86. The molecule has 2 aromatic heterocycles. The molecule has 128 valence electrons. The SMILES string of the molecule is CCCC(C)NC(=O)COC(=O)c1sc(-c2ccccn2)nc1C. The van der Waals surface area contributed by atoms with Crippen LogP contribution in [0.4, 0.5) is 0 Å². The summed E-state index contributed by atoms with van der Waals surface area (Å²) >= 11 is 1.21. The van der Waals surface area contributed by atoms with E-state index >= 15 is 0 Å². The number of aromatic nitrogens is 2. The fourth-order valence-electron chi connectivity index (χ4n) is 2.20. The van der Waals surface area contributed by atoms with Crippen molar-refractivity contribution in [2.45, 2.75) is 39.7 Å². The topological polar surface area (TPSA) is 81.2 Å². The van der Waals surface area contributed by atoms with Gasteiger partial charge < -0.3 is 10.1 Å².